The Balaban J connectivity index is 2.85. The molecule has 2 unspecified atom stereocenters. The lowest BCUT2D eigenvalue weighted by atomic mass is 9.87. The van der Waals surface area contributed by atoms with Crippen molar-refractivity contribution in [3.8, 4) is 0 Å². The fourth-order valence-electron chi connectivity index (χ4n) is 2.33. The molecule has 20 heavy (non-hydrogen) atoms. The average Bonchev–Trinajstić information content (AvgIpc) is 2.40. The van der Waals surface area contributed by atoms with Gasteiger partial charge in [0.15, 0.2) is 0 Å². The van der Waals surface area contributed by atoms with Crippen molar-refractivity contribution in [1.29, 1.82) is 0 Å². The molecule has 3 nitrogen and oxygen atoms in total. The molecule has 0 saturated heterocycles. The Kier molecular flexibility index (Phi) is 7.03. The van der Waals surface area contributed by atoms with Crippen molar-refractivity contribution >= 4 is 17.5 Å². The predicted octanol–water partition coefficient (Wildman–Crippen LogP) is 3.36. The molecule has 0 fully saturated rings. The first kappa shape index (κ1) is 17.0. The molecular weight excluding hydrogens is 274 g/mol. The van der Waals surface area contributed by atoms with Crippen molar-refractivity contribution in [2.45, 2.75) is 45.6 Å². The van der Waals surface area contributed by atoms with Crippen LogP contribution in [0.3, 0.4) is 0 Å². The fourth-order valence-corrected chi connectivity index (χ4v) is 2.46. The molecule has 1 rings (SSSR count). The zero-order chi connectivity index (χ0) is 15.1. The van der Waals surface area contributed by atoms with Gasteiger partial charge in [-0.1, -0.05) is 44.5 Å². The van der Waals surface area contributed by atoms with Gasteiger partial charge in [-0.05, 0) is 36.5 Å². The van der Waals surface area contributed by atoms with E-state index < -0.39 is 0 Å². The molecule has 0 spiro atoms. The van der Waals surface area contributed by atoms with Crippen LogP contribution in [-0.2, 0) is 4.79 Å². The second kappa shape index (κ2) is 8.28. The number of benzene rings is 1. The molecule has 0 radical (unpaired) electrons. The first-order valence-electron chi connectivity index (χ1n) is 7.16. The van der Waals surface area contributed by atoms with E-state index in [1.54, 1.807) is 0 Å². The molecule has 0 saturated carbocycles. The lowest BCUT2D eigenvalue weighted by molar-refractivity contribution is -0.124. The van der Waals surface area contributed by atoms with Gasteiger partial charge in [-0.25, -0.2) is 0 Å². The van der Waals surface area contributed by atoms with E-state index in [4.69, 9.17) is 16.7 Å². The molecule has 4 heteroatoms. The first-order chi connectivity index (χ1) is 9.49. The van der Waals surface area contributed by atoms with Crippen LogP contribution < -0.4 is 5.32 Å². The number of rotatable bonds is 7. The highest BCUT2D eigenvalue weighted by atomic mass is 35.5. The maximum Gasteiger partial charge on any atom is 0.228 e. The summed E-state index contributed by atoms with van der Waals surface area (Å²) >= 11 is 5.90. The van der Waals surface area contributed by atoms with Crippen molar-refractivity contribution in [3.63, 3.8) is 0 Å². The maximum atomic E-state index is 12.5. The standard InChI is InChI=1S/C16H24ClNO2/c1-4-14(9-10-19)18-16(20)15(11(2)3)12-5-7-13(17)8-6-12/h5-8,11,14-15,19H,4,9-10H2,1-3H3,(H,18,20). The predicted molar refractivity (Wildman–Crippen MR) is 83.0 cm³/mol. The highest BCUT2D eigenvalue weighted by Crippen LogP contribution is 2.26. The Morgan fingerprint density at radius 2 is 1.90 bits per heavy atom. The number of nitrogens with one attached hydrogen (secondary N) is 1. The van der Waals surface area contributed by atoms with E-state index >= 15 is 0 Å². The van der Waals surface area contributed by atoms with Gasteiger partial charge in [0.2, 0.25) is 5.91 Å². The summed E-state index contributed by atoms with van der Waals surface area (Å²) in [4.78, 5) is 12.5. The van der Waals surface area contributed by atoms with Crippen LogP contribution in [0.1, 0.15) is 45.1 Å². The van der Waals surface area contributed by atoms with E-state index in [9.17, 15) is 4.79 Å². The van der Waals surface area contributed by atoms with Crippen molar-refractivity contribution in [3.05, 3.63) is 34.9 Å². The Bertz CT molecular complexity index is 417. The van der Waals surface area contributed by atoms with E-state index in [1.165, 1.54) is 0 Å². The summed E-state index contributed by atoms with van der Waals surface area (Å²) in [5, 5.41) is 12.7. The van der Waals surface area contributed by atoms with Crippen molar-refractivity contribution in [2.24, 2.45) is 5.92 Å². The number of halogens is 1. The van der Waals surface area contributed by atoms with Gasteiger partial charge >= 0.3 is 0 Å². The molecular formula is C16H24ClNO2. The van der Waals surface area contributed by atoms with Crippen LogP contribution in [0.5, 0.6) is 0 Å². The molecule has 112 valence electrons. The molecule has 1 amide bonds. The summed E-state index contributed by atoms with van der Waals surface area (Å²) in [6.07, 6.45) is 1.41. The Morgan fingerprint density at radius 3 is 2.35 bits per heavy atom. The lowest BCUT2D eigenvalue weighted by Gasteiger charge is -2.24. The minimum absolute atomic E-state index is 0.0163. The van der Waals surface area contributed by atoms with Gasteiger partial charge in [0.1, 0.15) is 0 Å². The second-order valence-electron chi connectivity index (χ2n) is 5.40. The number of hydrogen-bond donors (Lipinski definition) is 2. The molecule has 0 bridgehead atoms. The number of carbonyl (C=O) groups is 1. The Hall–Kier alpha value is -1.06. The number of amides is 1. The summed E-state index contributed by atoms with van der Waals surface area (Å²) in [6, 6.07) is 7.45. The summed E-state index contributed by atoms with van der Waals surface area (Å²) in [7, 11) is 0. The van der Waals surface area contributed by atoms with Crippen molar-refractivity contribution in [2.75, 3.05) is 6.61 Å². The zero-order valence-corrected chi connectivity index (χ0v) is 13.2. The molecule has 0 aliphatic carbocycles. The highest BCUT2D eigenvalue weighted by Gasteiger charge is 2.25. The van der Waals surface area contributed by atoms with Crippen LogP contribution in [0, 0.1) is 5.92 Å². The number of carbonyl (C=O) groups excluding carboxylic acids is 1. The monoisotopic (exact) mass is 297 g/mol. The fraction of sp³-hybridized carbons (Fsp3) is 0.562. The highest BCUT2D eigenvalue weighted by molar-refractivity contribution is 6.30. The smallest absolute Gasteiger partial charge is 0.228 e. The average molecular weight is 298 g/mol. The molecule has 0 aromatic heterocycles. The second-order valence-corrected chi connectivity index (χ2v) is 5.84. The molecule has 0 heterocycles. The van der Waals surface area contributed by atoms with Gasteiger partial charge in [0.25, 0.3) is 0 Å². The van der Waals surface area contributed by atoms with Gasteiger partial charge in [0, 0.05) is 17.7 Å². The topological polar surface area (TPSA) is 49.3 Å². The number of hydrogen-bond acceptors (Lipinski definition) is 2. The SMILES string of the molecule is CCC(CCO)NC(=O)C(c1ccc(Cl)cc1)C(C)C. The number of aliphatic hydroxyl groups excluding tert-OH is 1. The van der Waals surface area contributed by atoms with Crippen LogP contribution >= 0.6 is 11.6 Å². The Morgan fingerprint density at radius 1 is 1.30 bits per heavy atom. The van der Waals surface area contributed by atoms with E-state index in [0.717, 1.165) is 12.0 Å². The van der Waals surface area contributed by atoms with Gasteiger partial charge in [0.05, 0.1) is 5.92 Å². The third-order valence-electron chi connectivity index (χ3n) is 3.50. The van der Waals surface area contributed by atoms with Gasteiger partial charge in [-0.15, -0.1) is 0 Å². The molecule has 1 aromatic rings. The molecule has 2 N–H and O–H groups in total. The summed E-state index contributed by atoms with van der Waals surface area (Å²) in [6.45, 7) is 6.16. The summed E-state index contributed by atoms with van der Waals surface area (Å²) < 4.78 is 0. The maximum absolute atomic E-state index is 12.5. The van der Waals surface area contributed by atoms with Gasteiger partial charge < -0.3 is 10.4 Å². The normalized spacial score (nSPS) is 14.1. The van der Waals surface area contributed by atoms with Gasteiger partial charge in [-0.3, -0.25) is 4.79 Å². The first-order valence-corrected chi connectivity index (χ1v) is 7.54. The van der Waals surface area contributed by atoms with E-state index in [-0.39, 0.29) is 30.4 Å². The summed E-state index contributed by atoms with van der Waals surface area (Å²) in [5.74, 6) is 0.0189. The van der Waals surface area contributed by atoms with Gasteiger partial charge in [-0.2, -0.15) is 0 Å². The lowest BCUT2D eigenvalue weighted by Crippen LogP contribution is -2.39. The van der Waals surface area contributed by atoms with Crippen molar-refractivity contribution < 1.29 is 9.90 Å². The van der Waals surface area contributed by atoms with Crippen LogP contribution in [0.25, 0.3) is 0 Å². The van der Waals surface area contributed by atoms with E-state index in [2.05, 4.69) is 5.32 Å². The van der Waals surface area contributed by atoms with Crippen molar-refractivity contribution in [1.82, 2.24) is 5.32 Å². The molecule has 2 atom stereocenters. The van der Waals surface area contributed by atoms with E-state index in [0.29, 0.717) is 11.4 Å². The van der Waals surface area contributed by atoms with E-state index in [1.807, 2.05) is 45.0 Å². The molecule has 0 aliphatic heterocycles. The summed E-state index contributed by atoms with van der Waals surface area (Å²) in [5.41, 5.74) is 0.973. The largest absolute Gasteiger partial charge is 0.396 e. The third kappa shape index (κ3) is 4.80. The van der Waals surface area contributed by atoms with Crippen LogP contribution in [0.15, 0.2) is 24.3 Å². The van der Waals surface area contributed by atoms with Crippen LogP contribution in [-0.4, -0.2) is 23.7 Å². The quantitative estimate of drug-likeness (QED) is 0.811. The Labute approximate surface area is 126 Å². The molecule has 1 aromatic carbocycles. The van der Waals surface area contributed by atoms with Crippen LogP contribution in [0.4, 0.5) is 0 Å². The zero-order valence-electron chi connectivity index (χ0n) is 12.4. The van der Waals surface area contributed by atoms with Crippen LogP contribution in [0.2, 0.25) is 5.02 Å². The minimum atomic E-state index is -0.194. The molecule has 0 aliphatic rings. The number of aliphatic hydroxyl groups is 1. The minimum Gasteiger partial charge on any atom is -0.396 e. The third-order valence-corrected chi connectivity index (χ3v) is 3.75.